The quantitative estimate of drug-likeness (QED) is 0.746. The lowest BCUT2D eigenvalue weighted by atomic mass is 9.96. The van der Waals surface area contributed by atoms with E-state index in [1.165, 1.54) is 0 Å². The van der Waals surface area contributed by atoms with Gasteiger partial charge >= 0.3 is 0 Å². The van der Waals surface area contributed by atoms with Crippen molar-refractivity contribution in [3.8, 4) is 5.69 Å². The lowest BCUT2D eigenvalue weighted by Crippen LogP contribution is -2.23. The standard InChI is InChI=1S/C14H10ClN5/c15-10-6-7-11-12(8-10)20-14(17-18-19-20)16-13(11)9-4-2-1-3-5-9/h1-8,13H,(H,16,17,19). The van der Waals surface area contributed by atoms with Crippen LogP contribution >= 0.6 is 11.6 Å². The van der Waals surface area contributed by atoms with Gasteiger partial charge in [0.25, 0.3) is 0 Å². The van der Waals surface area contributed by atoms with Gasteiger partial charge in [0, 0.05) is 10.6 Å². The number of hydrogen-bond donors (Lipinski definition) is 1. The molecule has 1 aliphatic heterocycles. The Bertz CT molecular complexity index is 768. The molecule has 0 amide bonds. The molecule has 0 radical (unpaired) electrons. The van der Waals surface area contributed by atoms with Crippen LogP contribution in [0.25, 0.3) is 5.69 Å². The molecule has 1 atom stereocenters. The Morgan fingerprint density at radius 2 is 1.95 bits per heavy atom. The average Bonchev–Trinajstić information content (AvgIpc) is 2.96. The zero-order chi connectivity index (χ0) is 13.5. The minimum Gasteiger partial charge on any atom is -0.342 e. The second-order valence-electron chi connectivity index (χ2n) is 4.61. The molecule has 2 heterocycles. The van der Waals surface area contributed by atoms with Crippen molar-refractivity contribution < 1.29 is 0 Å². The molecule has 0 saturated heterocycles. The van der Waals surface area contributed by atoms with E-state index in [0.717, 1.165) is 16.8 Å². The topological polar surface area (TPSA) is 55.6 Å². The number of benzene rings is 2. The monoisotopic (exact) mass is 283 g/mol. The smallest absolute Gasteiger partial charge is 0.248 e. The number of tetrazole rings is 1. The maximum Gasteiger partial charge on any atom is 0.248 e. The zero-order valence-corrected chi connectivity index (χ0v) is 11.1. The zero-order valence-electron chi connectivity index (χ0n) is 10.4. The van der Waals surface area contributed by atoms with Crippen LogP contribution in [-0.4, -0.2) is 20.2 Å². The van der Waals surface area contributed by atoms with Crippen molar-refractivity contribution in [3.05, 3.63) is 64.7 Å². The van der Waals surface area contributed by atoms with Crippen LogP contribution in [-0.2, 0) is 0 Å². The molecular formula is C14H10ClN5. The van der Waals surface area contributed by atoms with Gasteiger partial charge in [-0.2, -0.15) is 4.68 Å². The van der Waals surface area contributed by atoms with Crippen LogP contribution < -0.4 is 5.32 Å². The van der Waals surface area contributed by atoms with Crippen LogP contribution in [0, 0.1) is 0 Å². The molecule has 0 aliphatic carbocycles. The van der Waals surface area contributed by atoms with E-state index in [1.54, 1.807) is 4.68 Å². The summed E-state index contributed by atoms with van der Waals surface area (Å²) in [7, 11) is 0. The van der Waals surface area contributed by atoms with Crippen molar-refractivity contribution in [1.29, 1.82) is 0 Å². The van der Waals surface area contributed by atoms with Gasteiger partial charge in [-0.3, -0.25) is 0 Å². The van der Waals surface area contributed by atoms with E-state index in [4.69, 9.17) is 11.6 Å². The van der Waals surface area contributed by atoms with Crippen molar-refractivity contribution >= 4 is 17.5 Å². The number of aromatic nitrogens is 4. The third-order valence-electron chi connectivity index (χ3n) is 3.41. The predicted molar refractivity (Wildman–Crippen MR) is 76.1 cm³/mol. The molecule has 4 rings (SSSR count). The molecule has 1 N–H and O–H groups in total. The fourth-order valence-corrected chi connectivity index (χ4v) is 2.67. The van der Waals surface area contributed by atoms with Gasteiger partial charge in [0.2, 0.25) is 5.95 Å². The van der Waals surface area contributed by atoms with Crippen LogP contribution in [0.5, 0.6) is 0 Å². The fraction of sp³-hybridized carbons (Fsp3) is 0.0714. The predicted octanol–water partition coefficient (Wildman–Crippen LogP) is 2.83. The van der Waals surface area contributed by atoms with E-state index in [2.05, 4.69) is 33.0 Å². The van der Waals surface area contributed by atoms with Gasteiger partial charge in [0.1, 0.15) is 0 Å². The molecule has 0 fully saturated rings. The molecule has 6 heteroatoms. The number of nitrogens with zero attached hydrogens (tertiary/aromatic N) is 4. The Kier molecular flexibility index (Phi) is 2.47. The summed E-state index contributed by atoms with van der Waals surface area (Å²) in [6.45, 7) is 0. The molecule has 3 aromatic rings. The van der Waals surface area contributed by atoms with Gasteiger partial charge in [-0.05, 0) is 28.1 Å². The van der Waals surface area contributed by atoms with Gasteiger partial charge in [0.15, 0.2) is 0 Å². The van der Waals surface area contributed by atoms with Crippen LogP contribution in [0.4, 0.5) is 5.95 Å². The van der Waals surface area contributed by atoms with Crippen molar-refractivity contribution in [2.75, 3.05) is 5.32 Å². The molecule has 2 aromatic carbocycles. The van der Waals surface area contributed by atoms with E-state index in [1.807, 2.05) is 36.4 Å². The summed E-state index contributed by atoms with van der Waals surface area (Å²) in [6, 6.07) is 16.0. The third kappa shape index (κ3) is 1.67. The minimum atomic E-state index is 0.0157. The van der Waals surface area contributed by atoms with Crippen molar-refractivity contribution in [2.24, 2.45) is 0 Å². The summed E-state index contributed by atoms with van der Waals surface area (Å²) in [5, 5.41) is 15.7. The first-order valence-corrected chi connectivity index (χ1v) is 6.60. The fourth-order valence-electron chi connectivity index (χ4n) is 2.50. The molecule has 0 saturated carbocycles. The van der Waals surface area contributed by atoms with E-state index >= 15 is 0 Å². The van der Waals surface area contributed by atoms with Crippen LogP contribution in [0.1, 0.15) is 17.2 Å². The molecule has 1 aliphatic rings. The second-order valence-corrected chi connectivity index (χ2v) is 5.04. The highest BCUT2D eigenvalue weighted by Gasteiger charge is 2.27. The van der Waals surface area contributed by atoms with Gasteiger partial charge in [-0.15, -0.1) is 0 Å². The molecule has 98 valence electrons. The van der Waals surface area contributed by atoms with Crippen LogP contribution in [0.15, 0.2) is 48.5 Å². The number of rotatable bonds is 1. The molecule has 1 aromatic heterocycles. The van der Waals surface area contributed by atoms with E-state index < -0.39 is 0 Å². The number of hydrogen-bond acceptors (Lipinski definition) is 4. The van der Waals surface area contributed by atoms with Crippen LogP contribution in [0.3, 0.4) is 0 Å². The van der Waals surface area contributed by atoms with Crippen molar-refractivity contribution in [2.45, 2.75) is 6.04 Å². The first-order chi connectivity index (χ1) is 9.83. The maximum atomic E-state index is 6.10. The summed E-state index contributed by atoms with van der Waals surface area (Å²) in [6.07, 6.45) is 0. The summed E-state index contributed by atoms with van der Waals surface area (Å²) >= 11 is 6.10. The number of halogens is 1. The lowest BCUT2D eigenvalue weighted by Gasteiger charge is -2.27. The molecule has 1 unspecified atom stereocenters. The summed E-state index contributed by atoms with van der Waals surface area (Å²) in [5.41, 5.74) is 3.16. The molecule has 0 spiro atoms. The van der Waals surface area contributed by atoms with E-state index in [0.29, 0.717) is 11.0 Å². The van der Waals surface area contributed by atoms with Gasteiger partial charge < -0.3 is 5.32 Å². The number of anilines is 1. The second kappa shape index (κ2) is 4.31. The Morgan fingerprint density at radius 1 is 1.10 bits per heavy atom. The highest BCUT2D eigenvalue weighted by Crippen LogP contribution is 2.36. The van der Waals surface area contributed by atoms with Crippen molar-refractivity contribution in [3.63, 3.8) is 0 Å². The Hall–Kier alpha value is -2.40. The minimum absolute atomic E-state index is 0.0157. The summed E-state index contributed by atoms with van der Waals surface area (Å²) in [4.78, 5) is 0. The third-order valence-corrected chi connectivity index (χ3v) is 3.64. The van der Waals surface area contributed by atoms with Crippen LogP contribution in [0.2, 0.25) is 5.02 Å². The Morgan fingerprint density at radius 3 is 2.80 bits per heavy atom. The molecule has 0 bridgehead atoms. The SMILES string of the molecule is Clc1ccc2c(c1)-n1nnnc1NC2c1ccccc1. The average molecular weight is 284 g/mol. The summed E-state index contributed by atoms with van der Waals surface area (Å²) in [5.74, 6) is 0.619. The Labute approximate surface area is 120 Å². The number of nitrogens with one attached hydrogen (secondary N) is 1. The molecule has 20 heavy (non-hydrogen) atoms. The van der Waals surface area contributed by atoms with Gasteiger partial charge in [-0.1, -0.05) is 53.1 Å². The Balaban J connectivity index is 1.94. The lowest BCUT2D eigenvalue weighted by molar-refractivity contribution is 0.749. The summed E-state index contributed by atoms with van der Waals surface area (Å²) < 4.78 is 1.67. The first-order valence-electron chi connectivity index (χ1n) is 6.22. The van der Waals surface area contributed by atoms with E-state index in [9.17, 15) is 0 Å². The van der Waals surface area contributed by atoms with Gasteiger partial charge in [0.05, 0.1) is 11.7 Å². The highest BCUT2D eigenvalue weighted by molar-refractivity contribution is 6.30. The molecule has 5 nitrogen and oxygen atoms in total. The molecular weight excluding hydrogens is 274 g/mol. The number of fused-ring (bicyclic) bond motifs is 3. The highest BCUT2D eigenvalue weighted by atomic mass is 35.5. The largest absolute Gasteiger partial charge is 0.342 e. The normalized spacial score (nSPS) is 16.1. The van der Waals surface area contributed by atoms with Crippen molar-refractivity contribution in [1.82, 2.24) is 20.2 Å². The maximum absolute atomic E-state index is 6.10. The first kappa shape index (κ1) is 11.4. The van der Waals surface area contributed by atoms with Gasteiger partial charge in [-0.25, -0.2) is 0 Å². The van der Waals surface area contributed by atoms with E-state index in [-0.39, 0.29) is 6.04 Å².